The fourth-order valence-corrected chi connectivity index (χ4v) is 1.65. The van der Waals surface area contributed by atoms with Crippen LogP contribution in [0.2, 0.25) is 0 Å². The van der Waals surface area contributed by atoms with E-state index >= 15 is 0 Å². The van der Waals surface area contributed by atoms with Crippen LogP contribution in [0.4, 0.5) is 4.39 Å². The van der Waals surface area contributed by atoms with Crippen molar-refractivity contribution in [3.05, 3.63) is 59.4 Å². The smallest absolute Gasteiger partial charge is 0.131 e. The van der Waals surface area contributed by atoms with Crippen molar-refractivity contribution in [3.63, 3.8) is 0 Å². The fourth-order valence-electron chi connectivity index (χ4n) is 1.65. The van der Waals surface area contributed by atoms with Crippen LogP contribution >= 0.6 is 0 Å². The highest BCUT2D eigenvalue weighted by Gasteiger charge is 2.05. The molecule has 0 atom stereocenters. The zero-order chi connectivity index (χ0) is 11.5. The molecule has 0 radical (unpaired) electrons. The second-order valence-corrected chi connectivity index (χ2v) is 3.71. The summed E-state index contributed by atoms with van der Waals surface area (Å²) in [6, 6.07) is 12.4. The van der Waals surface area contributed by atoms with Crippen LogP contribution in [0.1, 0.15) is 11.1 Å². The zero-order valence-corrected chi connectivity index (χ0v) is 9.00. The van der Waals surface area contributed by atoms with Crippen molar-refractivity contribution < 1.29 is 4.39 Å². The summed E-state index contributed by atoms with van der Waals surface area (Å²) in [7, 11) is 0. The predicted molar refractivity (Wildman–Crippen MR) is 64.5 cm³/mol. The molecule has 0 fully saturated rings. The van der Waals surface area contributed by atoms with E-state index in [1.54, 1.807) is 12.1 Å². The molecule has 0 aromatic heterocycles. The van der Waals surface area contributed by atoms with Gasteiger partial charge in [0.2, 0.25) is 0 Å². The highest BCUT2D eigenvalue weighted by Crippen LogP contribution is 2.24. The van der Waals surface area contributed by atoms with Gasteiger partial charge in [0.15, 0.2) is 0 Å². The van der Waals surface area contributed by atoms with E-state index in [9.17, 15) is 4.39 Å². The largest absolute Gasteiger partial charge is 0.206 e. The maximum absolute atomic E-state index is 13.7. The Balaban J connectivity index is 2.60. The van der Waals surface area contributed by atoms with Gasteiger partial charge in [0.1, 0.15) is 5.82 Å². The Morgan fingerprint density at radius 1 is 1.12 bits per heavy atom. The summed E-state index contributed by atoms with van der Waals surface area (Å²) in [5.41, 5.74) is 3.20. The molecule has 0 unspecified atom stereocenters. The number of halogens is 1. The van der Waals surface area contributed by atoms with Crippen LogP contribution in [0.15, 0.2) is 42.5 Å². The minimum atomic E-state index is -0.246. The molecular weight excluding hydrogens is 199 g/mol. The van der Waals surface area contributed by atoms with Gasteiger partial charge in [-0.25, -0.2) is 4.39 Å². The minimum absolute atomic E-state index is 0.246. The van der Waals surface area contributed by atoms with E-state index in [4.69, 9.17) is 6.42 Å². The first-order valence-corrected chi connectivity index (χ1v) is 5.04. The van der Waals surface area contributed by atoms with Gasteiger partial charge >= 0.3 is 0 Å². The van der Waals surface area contributed by atoms with Crippen LogP contribution < -0.4 is 0 Å². The lowest BCUT2D eigenvalue weighted by molar-refractivity contribution is 0.631. The molecule has 0 aliphatic carbocycles. The first kappa shape index (κ1) is 10.4. The molecule has 0 spiro atoms. The summed E-state index contributed by atoms with van der Waals surface area (Å²) in [4.78, 5) is 0. The molecular formula is C15H11F. The van der Waals surface area contributed by atoms with Crippen LogP contribution in [-0.2, 0) is 0 Å². The van der Waals surface area contributed by atoms with Crippen molar-refractivity contribution in [1.29, 1.82) is 0 Å². The van der Waals surface area contributed by atoms with Gasteiger partial charge in [-0.05, 0) is 30.7 Å². The third-order valence-electron chi connectivity index (χ3n) is 2.46. The monoisotopic (exact) mass is 210 g/mol. The van der Waals surface area contributed by atoms with Crippen LogP contribution in [0.3, 0.4) is 0 Å². The highest BCUT2D eigenvalue weighted by atomic mass is 19.1. The van der Waals surface area contributed by atoms with Gasteiger partial charge in [0, 0.05) is 11.1 Å². The molecule has 0 bridgehead atoms. The van der Waals surface area contributed by atoms with E-state index in [-0.39, 0.29) is 5.82 Å². The standard InChI is InChI=1S/C15H11F/c1-3-12-7-8-15(16)14(10-12)13-6-4-5-11(2)9-13/h1,4-10H,2H3. The third kappa shape index (κ3) is 1.97. The lowest BCUT2D eigenvalue weighted by atomic mass is 10.0. The summed E-state index contributed by atoms with van der Waals surface area (Å²) in [6.07, 6.45) is 5.30. The van der Waals surface area contributed by atoms with Crippen LogP contribution in [0.25, 0.3) is 11.1 Å². The number of rotatable bonds is 1. The molecule has 2 aromatic rings. The van der Waals surface area contributed by atoms with E-state index < -0.39 is 0 Å². The van der Waals surface area contributed by atoms with E-state index in [1.807, 2.05) is 31.2 Å². The van der Waals surface area contributed by atoms with Crippen LogP contribution in [0, 0.1) is 25.1 Å². The zero-order valence-electron chi connectivity index (χ0n) is 9.00. The normalized spacial score (nSPS) is 9.81. The second kappa shape index (κ2) is 4.20. The molecule has 0 saturated heterocycles. The van der Waals surface area contributed by atoms with Crippen molar-refractivity contribution in [2.24, 2.45) is 0 Å². The molecule has 0 aliphatic rings. The Kier molecular flexibility index (Phi) is 2.74. The average molecular weight is 210 g/mol. The van der Waals surface area contributed by atoms with E-state index in [0.717, 1.165) is 11.1 Å². The van der Waals surface area contributed by atoms with Gasteiger partial charge in [-0.15, -0.1) is 6.42 Å². The van der Waals surface area contributed by atoms with Crippen molar-refractivity contribution in [1.82, 2.24) is 0 Å². The molecule has 1 heteroatoms. The van der Waals surface area contributed by atoms with E-state index in [1.165, 1.54) is 6.07 Å². The van der Waals surface area contributed by atoms with E-state index in [2.05, 4.69) is 5.92 Å². The Morgan fingerprint density at radius 3 is 2.62 bits per heavy atom. The number of aryl methyl sites for hydroxylation is 1. The number of benzene rings is 2. The number of terminal acetylenes is 1. The molecule has 0 aliphatic heterocycles. The Morgan fingerprint density at radius 2 is 1.94 bits per heavy atom. The Hall–Kier alpha value is -2.07. The second-order valence-electron chi connectivity index (χ2n) is 3.71. The summed E-state index contributed by atoms with van der Waals surface area (Å²) >= 11 is 0. The molecule has 2 rings (SSSR count). The quantitative estimate of drug-likeness (QED) is 0.628. The maximum Gasteiger partial charge on any atom is 0.131 e. The molecule has 0 saturated carbocycles. The lowest BCUT2D eigenvalue weighted by Gasteiger charge is -2.05. The van der Waals surface area contributed by atoms with E-state index in [0.29, 0.717) is 11.1 Å². The molecule has 78 valence electrons. The van der Waals surface area contributed by atoms with Gasteiger partial charge in [0.25, 0.3) is 0 Å². The third-order valence-corrected chi connectivity index (χ3v) is 2.46. The van der Waals surface area contributed by atoms with Gasteiger partial charge in [-0.2, -0.15) is 0 Å². The highest BCUT2D eigenvalue weighted by molar-refractivity contribution is 5.66. The van der Waals surface area contributed by atoms with Crippen molar-refractivity contribution in [2.45, 2.75) is 6.92 Å². The molecule has 0 heterocycles. The maximum atomic E-state index is 13.7. The predicted octanol–water partition coefficient (Wildman–Crippen LogP) is 3.78. The summed E-state index contributed by atoms with van der Waals surface area (Å²) in [5, 5.41) is 0. The first-order chi connectivity index (χ1) is 7.70. The first-order valence-electron chi connectivity index (χ1n) is 5.04. The Labute approximate surface area is 94.7 Å². The molecule has 0 N–H and O–H groups in total. The van der Waals surface area contributed by atoms with Crippen LogP contribution in [-0.4, -0.2) is 0 Å². The number of hydrogen-bond acceptors (Lipinski definition) is 0. The van der Waals surface area contributed by atoms with Gasteiger partial charge in [-0.1, -0.05) is 35.7 Å². The molecule has 0 amide bonds. The SMILES string of the molecule is C#Cc1ccc(F)c(-c2cccc(C)c2)c1. The summed E-state index contributed by atoms with van der Waals surface area (Å²) in [6.45, 7) is 1.98. The minimum Gasteiger partial charge on any atom is -0.206 e. The average Bonchev–Trinajstić information content (AvgIpc) is 2.30. The fraction of sp³-hybridized carbons (Fsp3) is 0.0667. The number of hydrogen-bond donors (Lipinski definition) is 0. The van der Waals surface area contributed by atoms with Crippen molar-refractivity contribution in [2.75, 3.05) is 0 Å². The van der Waals surface area contributed by atoms with Crippen molar-refractivity contribution >= 4 is 0 Å². The topological polar surface area (TPSA) is 0 Å². The van der Waals surface area contributed by atoms with Gasteiger partial charge < -0.3 is 0 Å². The molecule has 2 aromatic carbocycles. The molecule has 16 heavy (non-hydrogen) atoms. The lowest BCUT2D eigenvalue weighted by Crippen LogP contribution is -1.86. The van der Waals surface area contributed by atoms with Gasteiger partial charge in [0.05, 0.1) is 0 Å². The van der Waals surface area contributed by atoms with Crippen LogP contribution in [0.5, 0.6) is 0 Å². The molecule has 0 nitrogen and oxygen atoms in total. The summed E-state index contributed by atoms with van der Waals surface area (Å²) in [5.74, 6) is 2.27. The van der Waals surface area contributed by atoms with Gasteiger partial charge in [-0.3, -0.25) is 0 Å². The van der Waals surface area contributed by atoms with Crippen molar-refractivity contribution in [3.8, 4) is 23.5 Å². The summed E-state index contributed by atoms with van der Waals surface area (Å²) < 4.78 is 13.7. The Bertz CT molecular complexity index is 562.